The van der Waals surface area contributed by atoms with Gasteiger partial charge in [0.1, 0.15) is 12.2 Å². The zero-order chi connectivity index (χ0) is 16.1. The first-order valence-corrected chi connectivity index (χ1v) is 6.64. The van der Waals surface area contributed by atoms with Gasteiger partial charge < -0.3 is 9.84 Å². The molecule has 0 heterocycles. The van der Waals surface area contributed by atoms with Crippen LogP contribution in [0.3, 0.4) is 0 Å². The van der Waals surface area contributed by atoms with Crippen molar-refractivity contribution >= 4 is 5.97 Å². The monoisotopic (exact) mass is 301 g/mol. The number of esters is 1. The number of carbonyl (C=O) groups is 1. The highest BCUT2D eigenvalue weighted by Crippen LogP contribution is 2.21. The van der Waals surface area contributed by atoms with E-state index in [1.54, 1.807) is 51.1 Å². The lowest BCUT2D eigenvalue weighted by Crippen LogP contribution is -2.54. The Bertz CT molecular complexity index is 458. The van der Waals surface area contributed by atoms with Gasteiger partial charge in [0.15, 0.2) is 6.04 Å². The van der Waals surface area contributed by atoms with Crippen molar-refractivity contribution in [3.8, 4) is 0 Å². The SMILES string of the molecule is CC(C)(C)OC(=O)C(NCc1ccccc1)C(F)(F)CO. The molecule has 21 heavy (non-hydrogen) atoms. The number of rotatable bonds is 6. The smallest absolute Gasteiger partial charge is 0.330 e. The molecule has 1 aromatic carbocycles. The third-order valence-corrected chi connectivity index (χ3v) is 2.63. The van der Waals surface area contributed by atoms with Crippen molar-refractivity contribution in [2.75, 3.05) is 6.61 Å². The molecule has 0 saturated carbocycles. The summed E-state index contributed by atoms with van der Waals surface area (Å²) in [6, 6.07) is 6.93. The van der Waals surface area contributed by atoms with Crippen LogP contribution in [-0.2, 0) is 16.1 Å². The molecule has 0 aliphatic carbocycles. The minimum Gasteiger partial charge on any atom is -0.459 e. The second kappa shape index (κ2) is 6.95. The molecule has 118 valence electrons. The molecule has 4 nitrogen and oxygen atoms in total. The molecule has 0 aromatic heterocycles. The molecule has 0 fully saturated rings. The largest absolute Gasteiger partial charge is 0.459 e. The molecule has 1 unspecified atom stereocenters. The average Bonchev–Trinajstić information content (AvgIpc) is 2.38. The Morgan fingerprint density at radius 1 is 1.29 bits per heavy atom. The summed E-state index contributed by atoms with van der Waals surface area (Å²) in [4.78, 5) is 11.9. The summed E-state index contributed by atoms with van der Waals surface area (Å²) in [5.41, 5.74) is -0.130. The molecule has 0 spiro atoms. The number of ether oxygens (including phenoxy) is 1. The van der Waals surface area contributed by atoms with Crippen molar-refractivity contribution in [1.82, 2.24) is 5.32 Å². The third-order valence-electron chi connectivity index (χ3n) is 2.63. The molecule has 0 saturated heterocycles. The van der Waals surface area contributed by atoms with Gasteiger partial charge >= 0.3 is 5.97 Å². The van der Waals surface area contributed by atoms with Gasteiger partial charge in [-0.05, 0) is 26.3 Å². The highest BCUT2D eigenvalue weighted by atomic mass is 19.3. The summed E-state index contributed by atoms with van der Waals surface area (Å²) in [7, 11) is 0. The maximum Gasteiger partial charge on any atom is 0.330 e. The predicted octanol–water partition coefficient (Wildman–Crippen LogP) is 2.11. The van der Waals surface area contributed by atoms with Gasteiger partial charge in [0, 0.05) is 6.54 Å². The topological polar surface area (TPSA) is 58.6 Å². The molecule has 6 heteroatoms. The first-order valence-electron chi connectivity index (χ1n) is 6.64. The van der Waals surface area contributed by atoms with Crippen LogP contribution < -0.4 is 5.32 Å². The minimum atomic E-state index is -3.60. The Morgan fingerprint density at radius 3 is 2.33 bits per heavy atom. The molecule has 1 rings (SSSR count). The molecule has 1 aromatic rings. The van der Waals surface area contributed by atoms with E-state index in [0.29, 0.717) is 0 Å². The van der Waals surface area contributed by atoms with Gasteiger partial charge in [-0.3, -0.25) is 10.1 Å². The Morgan fingerprint density at radius 2 is 1.86 bits per heavy atom. The van der Waals surface area contributed by atoms with E-state index in [9.17, 15) is 13.6 Å². The van der Waals surface area contributed by atoms with Crippen LogP contribution in [0.4, 0.5) is 8.78 Å². The fourth-order valence-corrected chi connectivity index (χ4v) is 1.67. The second-order valence-corrected chi connectivity index (χ2v) is 5.75. The van der Waals surface area contributed by atoms with Crippen LogP contribution in [0, 0.1) is 0 Å². The van der Waals surface area contributed by atoms with Gasteiger partial charge in [-0.1, -0.05) is 30.3 Å². The number of nitrogens with one attached hydrogen (secondary N) is 1. The van der Waals surface area contributed by atoms with Crippen molar-refractivity contribution in [1.29, 1.82) is 0 Å². The number of hydrogen-bond donors (Lipinski definition) is 2. The zero-order valence-electron chi connectivity index (χ0n) is 12.4. The van der Waals surface area contributed by atoms with Gasteiger partial charge in [0.05, 0.1) is 0 Å². The van der Waals surface area contributed by atoms with E-state index in [0.717, 1.165) is 5.56 Å². The van der Waals surface area contributed by atoms with Gasteiger partial charge in [0.2, 0.25) is 0 Å². The first-order chi connectivity index (χ1) is 9.65. The van der Waals surface area contributed by atoms with Gasteiger partial charge in [-0.15, -0.1) is 0 Å². The van der Waals surface area contributed by atoms with Crippen LogP contribution in [0.2, 0.25) is 0 Å². The first kappa shape index (κ1) is 17.5. The summed E-state index contributed by atoms with van der Waals surface area (Å²) < 4.78 is 32.4. The molecule has 0 aliphatic heterocycles. The summed E-state index contributed by atoms with van der Waals surface area (Å²) >= 11 is 0. The van der Waals surface area contributed by atoms with E-state index >= 15 is 0 Å². The predicted molar refractivity (Wildman–Crippen MR) is 74.9 cm³/mol. The Balaban J connectivity index is 2.81. The quantitative estimate of drug-likeness (QED) is 0.790. The maximum absolute atomic E-state index is 13.7. The highest BCUT2D eigenvalue weighted by molar-refractivity contribution is 5.77. The molecule has 1 atom stereocenters. The van der Waals surface area contributed by atoms with Crippen molar-refractivity contribution in [3.63, 3.8) is 0 Å². The van der Waals surface area contributed by atoms with E-state index < -0.39 is 30.1 Å². The molecular weight excluding hydrogens is 280 g/mol. The third kappa shape index (κ3) is 5.77. The number of aliphatic hydroxyl groups excluding tert-OH is 1. The van der Waals surface area contributed by atoms with Crippen molar-refractivity contribution in [3.05, 3.63) is 35.9 Å². The number of benzene rings is 1. The molecule has 0 amide bonds. The van der Waals surface area contributed by atoms with E-state index in [4.69, 9.17) is 9.84 Å². The number of halogens is 2. The van der Waals surface area contributed by atoms with Crippen LogP contribution in [0.5, 0.6) is 0 Å². The fraction of sp³-hybridized carbons (Fsp3) is 0.533. The summed E-state index contributed by atoms with van der Waals surface area (Å²) in [6.45, 7) is 3.42. The van der Waals surface area contributed by atoms with Gasteiger partial charge in [-0.2, -0.15) is 0 Å². The Hall–Kier alpha value is -1.53. The van der Waals surface area contributed by atoms with Crippen LogP contribution in [0.15, 0.2) is 30.3 Å². The molecule has 2 N–H and O–H groups in total. The average molecular weight is 301 g/mol. The lowest BCUT2D eigenvalue weighted by Gasteiger charge is -2.28. The summed E-state index contributed by atoms with van der Waals surface area (Å²) in [5.74, 6) is -4.69. The Labute approximate surface area is 123 Å². The highest BCUT2D eigenvalue weighted by Gasteiger charge is 2.45. The van der Waals surface area contributed by atoms with Gasteiger partial charge in [0.25, 0.3) is 5.92 Å². The van der Waals surface area contributed by atoms with Crippen LogP contribution >= 0.6 is 0 Å². The van der Waals surface area contributed by atoms with E-state index in [1.807, 2.05) is 0 Å². The zero-order valence-corrected chi connectivity index (χ0v) is 12.4. The van der Waals surface area contributed by atoms with E-state index in [-0.39, 0.29) is 6.54 Å². The summed E-state index contributed by atoms with van der Waals surface area (Å²) in [6.07, 6.45) is 0. The number of alkyl halides is 2. The maximum atomic E-state index is 13.7. The van der Waals surface area contributed by atoms with Crippen molar-refractivity contribution in [2.24, 2.45) is 0 Å². The van der Waals surface area contributed by atoms with Crippen LogP contribution in [0.1, 0.15) is 26.3 Å². The summed E-state index contributed by atoms with van der Waals surface area (Å²) in [5, 5.41) is 11.3. The van der Waals surface area contributed by atoms with Crippen LogP contribution in [-0.4, -0.2) is 35.2 Å². The fourth-order valence-electron chi connectivity index (χ4n) is 1.67. The number of aliphatic hydroxyl groups is 1. The molecular formula is C15H21F2NO3. The van der Waals surface area contributed by atoms with Crippen molar-refractivity contribution < 1.29 is 23.4 Å². The van der Waals surface area contributed by atoms with E-state index in [1.165, 1.54) is 0 Å². The van der Waals surface area contributed by atoms with E-state index in [2.05, 4.69) is 5.32 Å². The standard InChI is InChI=1S/C15H21F2NO3/c1-14(2,3)21-13(20)12(15(16,17)10-19)18-9-11-7-5-4-6-8-11/h4-8,12,18-19H,9-10H2,1-3H3. The van der Waals surface area contributed by atoms with Crippen LogP contribution in [0.25, 0.3) is 0 Å². The second-order valence-electron chi connectivity index (χ2n) is 5.75. The Kier molecular flexibility index (Phi) is 5.80. The lowest BCUT2D eigenvalue weighted by molar-refractivity contribution is -0.172. The normalized spacial score (nSPS) is 13.8. The lowest BCUT2D eigenvalue weighted by atomic mass is 10.1. The molecule has 0 bridgehead atoms. The molecule has 0 radical (unpaired) electrons. The molecule has 0 aliphatic rings. The van der Waals surface area contributed by atoms with Gasteiger partial charge in [-0.25, -0.2) is 8.78 Å². The number of carbonyl (C=O) groups excluding carboxylic acids is 1. The number of hydrogen-bond acceptors (Lipinski definition) is 4. The van der Waals surface area contributed by atoms with Crippen molar-refractivity contribution in [2.45, 2.75) is 44.9 Å². The minimum absolute atomic E-state index is 0.0698.